The molecule has 44 heavy (non-hydrogen) atoms. The molecule has 2 heterocycles. The highest BCUT2D eigenvalue weighted by Crippen LogP contribution is 2.37. The van der Waals surface area contributed by atoms with E-state index in [1.807, 2.05) is 80.6 Å². The number of aromatic nitrogens is 1. The van der Waals surface area contributed by atoms with Crippen LogP contribution in [0.4, 0.5) is 0 Å². The van der Waals surface area contributed by atoms with Crippen LogP contribution in [-0.2, 0) is 16.1 Å². The smallest absolute Gasteiger partial charge is 0.338 e. The minimum absolute atomic E-state index is 0.116. The monoisotopic (exact) mass is 676 g/mol. The Morgan fingerprint density at radius 1 is 1.07 bits per heavy atom. The summed E-state index contributed by atoms with van der Waals surface area (Å²) >= 11 is 4.89. The van der Waals surface area contributed by atoms with E-state index in [4.69, 9.17) is 18.9 Å². The van der Waals surface area contributed by atoms with Crippen LogP contribution in [0, 0.1) is 0 Å². The van der Waals surface area contributed by atoms with Gasteiger partial charge in [-0.2, -0.15) is 0 Å². The molecule has 0 saturated heterocycles. The number of benzene rings is 3. The van der Waals surface area contributed by atoms with Gasteiger partial charge in [0.1, 0.15) is 18.4 Å². The Balaban J connectivity index is 1.62. The maximum absolute atomic E-state index is 14.2. The Labute approximate surface area is 268 Å². The second-order valence-corrected chi connectivity index (χ2v) is 12.2. The van der Waals surface area contributed by atoms with Crippen molar-refractivity contribution >= 4 is 39.3 Å². The fourth-order valence-corrected chi connectivity index (χ4v) is 6.44. The summed E-state index contributed by atoms with van der Waals surface area (Å²) in [5, 5.41) is 0. The fourth-order valence-electron chi connectivity index (χ4n) is 4.96. The molecule has 3 aromatic carbocycles. The minimum atomic E-state index is -0.783. The molecule has 5 rings (SSSR count). The van der Waals surface area contributed by atoms with Gasteiger partial charge < -0.3 is 18.9 Å². The van der Waals surface area contributed by atoms with Crippen LogP contribution in [0.25, 0.3) is 6.08 Å². The second-order valence-electron chi connectivity index (χ2n) is 10.3. The molecule has 0 radical (unpaired) electrons. The van der Waals surface area contributed by atoms with E-state index in [2.05, 4.69) is 20.9 Å². The first-order chi connectivity index (χ1) is 21.2. The van der Waals surface area contributed by atoms with Gasteiger partial charge in [0.15, 0.2) is 16.3 Å². The number of hydrogen-bond acceptors (Lipinski definition) is 8. The number of halogens is 1. The normalized spacial score (nSPS) is 14.7. The lowest BCUT2D eigenvalue weighted by Crippen LogP contribution is -2.40. The number of thiazole rings is 1. The van der Waals surface area contributed by atoms with Crippen LogP contribution in [0.3, 0.4) is 0 Å². The average Bonchev–Trinajstić information content (AvgIpc) is 3.31. The molecule has 1 aromatic heterocycles. The van der Waals surface area contributed by atoms with Crippen LogP contribution in [0.5, 0.6) is 17.2 Å². The maximum atomic E-state index is 14.2. The maximum Gasteiger partial charge on any atom is 0.338 e. The number of hydrogen-bond donors (Lipinski definition) is 0. The van der Waals surface area contributed by atoms with Crippen molar-refractivity contribution in [3.05, 3.63) is 119 Å². The van der Waals surface area contributed by atoms with E-state index < -0.39 is 12.0 Å². The zero-order chi connectivity index (χ0) is 31.4. The molecule has 0 amide bonds. The molecule has 8 nitrogen and oxygen atoms in total. The molecular weight excluding hydrogens is 644 g/mol. The number of carbonyl (C=O) groups is 1. The molecule has 0 bridgehead atoms. The van der Waals surface area contributed by atoms with Crippen molar-refractivity contribution in [2.24, 2.45) is 4.99 Å². The van der Waals surface area contributed by atoms with Gasteiger partial charge in [-0.3, -0.25) is 9.36 Å². The Morgan fingerprint density at radius 2 is 1.80 bits per heavy atom. The van der Waals surface area contributed by atoms with Crippen LogP contribution in [0.15, 0.2) is 92.3 Å². The Morgan fingerprint density at radius 3 is 2.50 bits per heavy atom. The number of allylic oxidation sites excluding steroid dienone is 1. The van der Waals surface area contributed by atoms with Crippen molar-refractivity contribution in [1.29, 1.82) is 0 Å². The third kappa shape index (κ3) is 6.51. The molecule has 0 N–H and O–H groups in total. The lowest BCUT2D eigenvalue weighted by Gasteiger charge is -2.26. The molecule has 1 aliphatic heterocycles. The molecule has 228 valence electrons. The summed E-state index contributed by atoms with van der Waals surface area (Å²) in [6, 6.07) is 20.2. The molecule has 4 aromatic rings. The molecule has 0 fully saturated rings. The third-order valence-corrected chi connectivity index (χ3v) is 8.57. The highest BCUT2D eigenvalue weighted by atomic mass is 79.9. The van der Waals surface area contributed by atoms with Crippen molar-refractivity contribution < 1.29 is 23.7 Å². The van der Waals surface area contributed by atoms with Gasteiger partial charge in [-0.1, -0.05) is 75.8 Å². The largest absolute Gasteiger partial charge is 0.493 e. The van der Waals surface area contributed by atoms with Gasteiger partial charge in [-0.25, -0.2) is 9.79 Å². The Kier molecular flexibility index (Phi) is 9.71. The molecule has 0 unspecified atom stereocenters. The number of ether oxygens (including phenoxy) is 4. The summed E-state index contributed by atoms with van der Waals surface area (Å²) in [5.74, 6) is 1.16. The van der Waals surface area contributed by atoms with Crippen LogP contribution >= 0.6 is 27.3 Å². The van der Waals surface area contributed by atoms with Crippen LogP contribution in [-0.4, -0.2) is 30.4 Å². The first-order valence-corrected chi connectivity index (χ1v) is 15.8. The molecule has 0 spiro atoms. The van der Waals surface area contributed by atoms with Gasteiger partial charge in [0, 0.05) is 10.0 Å². The van der Waals surface area contributed by atoms with Crippen molar-refractivity contribution in [3.63, 3.8) is 0 Å². The van der Waals surface area contributed by atoms with Crippen LogP contribution < -0.4 is 29.1 Å². The highest BCUT2D eigenvalue weighted by molar-refractivity contribution is 9.10. The zero-order valence-corrected chi connectivity index (χ0v) is 27.5. The second kappa shape index (κ2) is 13.7. The first kappa shape index (κ1) is 31.3. The van der Waals surface area contributed by atoms with E-state index in [1.54, 1.807) is 31.6 Å². The first-order valence-electron chi connectivity index (χ1n) is 14.2. The molecule has 0 aliphatic carbocycles. The summed E-state index contributed by atoms with van der Waals surface area (Å²) in [6.07, 6.45) is 1.67. The van der Waals surface area contributed by atoms with Gasteiger partial charge in [0.25, 0.3) is 5.56 Å². The molecule has 1 atom stereocenters. The molecular formula is C34H33BrN2O6S. The van der Waals surface area contributed by atoms with Crippen LogP contribution in [0.1, 0.15) is 50.4 Å². The average molecular weight is 678 g/mol. The zero-order valence-electron chi connectivity index (χ0n) is 25.1. The van der Waals surface area contributed by atoms with Gasteiger partial charge >= 0.3 is 5.97 Å². The number of para-hydroxylation sites is 1. The summed E-state index contributed by atoms with van der Waals surface area (Å²) in [5.41, 5.74) is 2.93. The number of carbonyl (C=O) groups excluding carboxylic acids is 1. The molecule has 0 saturated carbocycles. The Hall–Kier alpha value is -4.15. The molecule has 1 aliphatic rings. The predicted octanol–water partition coefficient (Wildman–Crippen LogP) is 5.94. The number of nitrogens with zero attached hydrogens (tertiary/aromatic N) is 2. The summed E-state index contributed by atoms with van der Waals surface area (Å²) in [4.78, 5) is 32.6. The van der Waals surface area contributed by atoms with Crippen molar-refractivity contribution in [2.45, 2.75) is 46.4 Å². The third-order valence-electron chi connectivity index (χ3n) is 6.90. The van der Waals surface area contributed by atoms with E-state index in [0.29, 0.717) is 50.0 Å². The number of esters is 1. The lowest BCUT2D eigenvalue weighted by atomic mass is 9.95. The summed E-state index contributed by atoms with van der Waals surface area (Å²) < 4.78 is 26.0. The van der Waals surface area contributed by atoms with Gasteiger partial charge in [-0.15, -0.1) is 0 Å². The standard InChI is InChI=1S/C34H33BrN2O6S/c1-6-41-33(39)30-21(4)36-34-37(31(30)24-14-10-11-15-26(24)43-20(2)3)32(38)29(44-34)17-23-16-27(40-5)28(18-25(23)35)42-19-22-12-8-7-9-13-22/h7-18,20,31H,6,19H2,1-5H3/b29-17+/t31-/m1/s1. The Bertz CT molecular complexity index is 1890. The minimum Gasteiger partial charge on any atom is -0.493 e. The molecule has 10 heteroatoms. The van der Waals surface area contributed by atoms with E-state index in [0.717, 1.165) is 15.6 Å². The number of fused-ring (bicyclic) bond motifs is 1. The van der Waals surface area contributed by atoms with Crippen molar-refractivity contribution in [2.75, 3.05) is 13.7 Å². The van der Waals surface area contributed by atoms with Gasteiger partial charge in [0.2, 0.25) is 0 Å². The highest BCUT2D eigenvalue weighted by Gasteiger charge is 2.35. The van der Waals surface area contributed by atoms with E-state index in [-0.39, 0.29) is 18.3 Å². The van der Waals surface area contributed by atoms with Crippen LogP contribution in [0.2, 0.25) is 0 Å². The van der Waals surface area contributed by atoms with Crippen molar-refractivity contribution in [3.8, 4) is 17.2 Å². The topological polar surface area (TPSA) is 88.4 Å². The van der Waals surface area contributed by atoms with Crippen molar-refractivity contribution in [1.82, 2.24) is 4.57 Å². The lowest BCUT2D eigenvalue weighted by molar-refractivity contribution is -0.139. The SMILES string of the molecule is CCOC(=O)C1=C(C)N=c2s/c(=C/c3cc(OC)c(OCc4ccccc4)cc3Br)c(=O)n2[C@@H]1c1ccccc1OC(C)C. The predicted molar refractivity (Wildman–Crippen MR) is 174 cm³/mol. The van der Waals surface area contributed by atoms with Gasteiger partial charge in [0.05, 0.1) is 35.6 Å². The fraction of sp³-hybridized carbons (Fsp3) is 0.265. The summed E-state index contributed by atoms with van der Waals surface area (Å²) in [7, 11) is 1.58. The quantitative estimate of drug-likeness (QED) is 0.193. The van der Waals surface area contributed by atoms with E-state index in [1.165, 1.54) is 11.3 Å². The van der Waals surface area contributed by atoms with E-state index in [9.17, 15) is 9.59 Å². The van der Waals surface area contributed by atoms with E-state index >= 15 is 0 Å². The summed E-state index contributed by atoms with van der Waals surface area (Å²) in [6.45, 7) is 7.94. The van der Waals surface area contributed by atoms with Gasteiger partial charge in [-0.05, 0) is 63.1 Å². The number of rotatable bonds is 10. The number of methoxy groups -OCH3 is 1.